The van der Waals surface area contributed by atoms with Crippen molar-refractivity contribution in [2.75, 3.05) is 0 Å². The third kappa shape index (κ3) is 4.52. The Morgan fingerprint density at radius 2 is 0.740 bits per heavy atom. The molecule has 234 valence electrons. The van der Waals surface area contributed by atoms with Crippen LogP contribution < -0.4 is 0 Å². The van der Waals surface area contributed by atoms with Crippen LogP contribution in [-0.2, 0) is 0 Å². The van der Waals surface area contributed by atoms with E-state index in [2.05, 4.69) is 124 Å². The number of fused-ring (bicyclic) bond motifs is 6. The van der Waals surface area contributed by atoms with E-state index in [4.69, 9.17) is 15.0 Å². The fourth-order valence-corrected chi connectivity index (χ4v) is 7.27. The van der Waals surface area contributed by atoms with Crippen molar-refractivity contribution in [1.29, 1.82) is 0 Å². The first-order valence-corrected chi connectivity index (χ1v) is 16.8. The summed E-state index contributed by atoms with van der Waals surface area (Å²) >= 11 is 0. The third-order valence-corrected chi connectivity index (χ3v) is 9.60. The fraction of sp³-hybridized carbons (Fsp3) is 0. The molecule has 5 heteroatoms. The van der Waals surface area contributed by atoms with Crippen LogP contribution in [0.1, 0.15) is 0 Å². The lowest BCUT2D eigenvalue weighted by atomic mass is 10.0. The molecule has 0 spiro atoms. The molecular formula is C45H29N5. The molecule has 0 saturated heterocycles. The monoisotopic (exact) mass is 639 g/mol. The van der Waals surface area contributed by atoms with E-state index in [1.165, 1.54) is 21.8 Å². The molecular weight excluding hydrogens is 611 g/mol. The summed E-state index contributed by atoms with van der Waals surface area (Å²) in [4.78, 5) is 15.1. The van der Waals surface area contributed by atoms with E-state index in [1.807, 2.05) is 60.7 Å². The van der Waals surface area contributed by atoms with Gasteiger partial charge in [0.15, 0.2) is 11.6 Å². The second kappa shape index (κ2) is 11.4. The van der Waals surface area contributed by atoms with Gasteiger partial charge < -0.3 is 4.57 Å². The Balaban J connectivity index is 1.12. The van der Waals surface area contributed by atoms with Crippen LogP contribution in [0.25, 0.3) is 89.2 Å². The Kier molecular flexibility index (Phi) is 6.42. The van der Waals surface area contributed by atoms with Crippen LogP contribution >= 0.6 is 0 Å². The van der Waals surface area contributed by atoms with Crippen molar-refractivity contribution in [2.24, 2.45) is 0 Å². The lowest BCUT2D eigenvalue weighted by molar-refractivity contribution is 0.953. The Labute approximate surface area is 288 Å². The smallest absolute Gasteiger partial charge is 0.238 e. The highest BCUT2D eigenvalue weighted by Crippen LogP contribution is 2.36. The fourth-order valence-electron chi connectivity index (χ4n) is 7.27. The molecule has 3 aromatic heterocycles. The Morgan fingerprint density at radius 3 is 1.30 bits per heavy atom. The van der Waals surface area contributed by atoms with Gasteiger partial charge in [-0.2, -0.15) is 9.97 Å². The molecule has 0 atom stereocenters. The summed E-state index contributed by atoms with van der Waals surface area (Å²) in [6.07, 6.45) is 0. The first-order valence-electron chi connectivity index (χ1n) is 16.8. The average Bonchev–Trinajstić information content (AvgIpc) is 3.71. The summed E-state index contributed by atoms with van der Waals surface area (Å²) in [5.74, 6) is 1.87. The SMILES string of the molecule is c1ccc(-c2nc(-c3ccccc3)nc(-n3c4ccccc4c4cc(-c5ccc(-n6c7ccccc7c7ccccc76)cc5)ccc43)n2)cc1. The molecule has 0 saturated carbocycles. The number of benzene rings is 7. The van der Waals surface area contributed by atoms with Gasteiger partial charge in [0.2, 0.25) is 5.95 Å². The maximum atomic E-state index is 5.07. The third-order valence-electron chi connectivity index (χ3n) is 9.60. The lowest BCUT2D eigenvalue weighted by Crippen LogP contribution is -2.06. The van der Waals surface area contributed by atoms with Crippen molar-refractivity contribution in [3.63, 3.8) is 0 Å². The summed E-state index contributed by atoms with van der Waals surface area (Å²) in [6, 6.07) is 61.6. The molecule has 0 unspecified atom stereocenters. The van der Waals surface area contributed by atoms with E-state index in [0.29, 0.717) is 17.6 Å². The lowest BCUT2D eigenvalue weighted by Gasteiger charge is -2.11. The standard InChI is InChI=1S/C45H29N5/c1-3-13-31(14-4-1)43-46-44(32-15-5-2-6-16-32)48-45(47-43)50-41-22-12-9-19-37(41)38-29-33(25-28-42(38)50)30-23-26-34(27-24-30)49-39-20-10-7-17-35(39)36-18-8-11-21-40(36)49/h1-29H. The minimum absolute atomic E-state index is 0.590. The highest BCUT2D eigenvalue weighted by molar-refractivity contribution is 6.11. The number of para-hydroxylation sites is 3. The topological polar surface area (TPSA) is 48.5 Å². The van der Waals surface area contributed by atoms with E-state index < -0.39 is 0 Å². The molecule has 3 heterocycles. The molecule has 0 amide bonds. The highest BCUT2D eigenvalue weighted by atomic mass is 15.2. The number of aromatic nitrogens is 5. The number of hydrogen-bond donors (Lipinski definition) is 0. The zero-order chi connectivity index (χ0) is 33.0. The van der Waals surface area contributed by atoms with Gasteiger partial charge in [-0.25, -0.2) is 4.98 Å². The summed E-state index contributed by atoms with van der Waals surface area (Å²) in [5, 5.41) is 4.82. The van der Waals surface area contributed by atoms with Crippen molar-refractivity contribution >= 4 is 43.6 Å². The molecule has 7 aromatic carbocycles. The van der Waals surface area contributed by atoms with Gasteiger partial charge in [-0.15, -0.1) is 0 Å². The van der Waals surface area contributed by atoms with Crippen LogP contribution in [0.5, 0.6) is 0 Å². The number of nitrogens with zero attached hydrogens (tertiary/aromatic N) is 5. The predicted octanol–water partition coefficient (Wildman–Crippen LogP) is 11.1. The molecule has 0 aliphatic rings. The molecule has 5 nitrogen and oxygen atoms in total. The summed E-state index contributed by atoms with van der Waals surface area (Å²) in [6.45, 7) is 0. The second-order valence-electron chi connectivity index (χ2n) is 12.5. The van der Waals surface area contributed by atoms with E-state index >= 15 is 0 Å². The zero-order valence-electron chi connectivity index (χ0n) is 27.0. The molecule has 10 aromatic rings. The summed E-state index contributed by atoms with van der Waals surface area (Å²) in [5.41, 5.74) is 9.85. The minimum Gasteiger partial charge on any atom is -0.309 e. The van der Waals surface area contributed by atoms with Crippen LogP contribution in [0.2, 0.25) is 0 Å². The van der Waals surface area contributed by atoms with Crippen molar-refractivity contribution in [3.8, 4) is 45.5 Å². The van der Waals surface area contributed by atoms with Gasteiger partial charge in [0.25, 0.3) is 0 Å². The van der Waals surface area contributed by atoms with Gasteiger partial charge in [0, 0.05) is 38.4 Å². The molecule has 0 aliphatic heterocycles. The van der Waals surface area contributed by atoms with Gasteiger partial charge in [-0.05, 0) is 53.6 Å². The number of rotatable bonds is 5. The first-order chi connectivity index (χ1) is 24.8. The highest BCUT2D eigenvalue weighted by Gasteiger charge is 2.18. The van der Waals surface area contributed by atoms with Gasteiger partial charge in [0.1, 0.15) is 0 Å². The van der Waals surface area contributed by atoms with Crippen molar-refractivity contribution in [1.82, 2.24) is 24.1 Å². The van der Waals surface area contributed by atoms with Crippen molar-refractivity contribution < 1.29 is 0 Å². The van der Waals surface area contributed by atoms with E-state index in [0.717, 1.165) is 49.7 Å². The Bertz CT molecular complexity index is 2740. The largest absolute Gasteiger partial charge is 0.309 e. The predicted molar refractivity (Wildman–Crippen MR) is 205 cm³/mol. The molecule has 50 heavy (non-hydrogen) atoms. The van der Waals surface area contributed by atoms with E-state index in [9.17, 15) is 0 Å². The van der Waals surface area contributed by atoms with Crippen LogP contribution in [0, 0.1) is 0 Å². The number of hydrogen-bond acceptors (Lipinski definition) is 3. The second-order valence-corrected chi connectivity index (χ2v) is 12.5. The molecule has 0 fully saturated rings. The van der Waals surface area contributed by atoms with E-state index in [1.54, 1.807) is 0 Å². The van der Waals surface area contributed by atoms with Gasteiger partial charge in [-0.1, -0.05) is 133 Å². The molecule has 0 radical (unpaired) electrons. The van der Waals surface area contributed by atoms with Crippen molar-refractivity contribution in [2.45, 2.75) is 0 Å². The minimum atomic E-state index is 0.590. The Morgan fingerprint density at radius 1 is 0.300 bits per heavy atom. The summed E-state index contributed by atoms with van der Waals surface area (Å²) < 4.78 is 4.52. The van der Waals surface area contributed by atoms with Gasteiger partial charge >= 0.3 is 0 Å². The average molecular weight is 640 g/mol. The van der Waals surface area contributed by atoms with Gasteiger partial charge in [-0.3, -0.25) is 4.57 Å². The molecule has 0 N–H and O–H groups in total. The molecule has 10 rings (SSSR count). The van der Waals surface area contributed by atoms with Crippen LogP contribution in [0.4, 0.5) is 0 Å². The summed E-state index contributed by atoms with van der Waals surface area (Å²) in [7, 11) is 0. The Hall–Kier alpha value is -6.85. The normalized spacial score (nSPS) is 11.6. The first kappa shape index (κ1) is 28.2. The van der Waals surface area contributed by atoms with Crippen molar-refractivity contribution in [3.05, 3.63) is 176 Å². The zero-order valence-corrected chi connectivity index (χ0v) is 27.0. The van der Waals surface area contributed by atoms with Crippen LogP contribution in [0.3, 0.4) is 0 Å². The van der Waals surface area contributed by atoms with Gasteiger partial charge in [0.05, 0.1) is 22.1 Å². The van der Waals surface area contributed by atoms with E-state index in [-0.39, 0.29) is 0 Å². The molecule has 0 aliphatic carbocycles. The van der Waals surface area contributed by atoms with Crippen LogP contribution in [0.15, 0.2) is 176 Å². The quantitative estimate of drug-likeness (QED) is 0.188. The molecule has 0 bridgehead atoms. The maximum Gasteiger partial charge on any atom is 0.238 e. The van der Waals surface area contributed by atoms with Crippen LogP contribution in [-0.4, -0.2) is 24.1 Å². The maximum absolute atomic E-state index is 5.07.